The molecule has 0 radical (unpaired) electrons. The number of halogens is 3. The minimum Gasteiger partial charge on any atom is -1.00 e. The number of hydrogen-bond acceptors (Lipinski definition) is 0. The van der Waals surface area contributed by atoms with Crippen LogP contribution in [0.1, 0.15) is 0 Å². The molecule has 0 rings (SSSR count). The Morgan fingerprint density at radius 3 is 2.00 bits per heavy atom. The summed E-state index contributed by atoms with van der Waals surface area (Å²) < 4.78 is 0. The second kappa shape index (κ2) is 10.3. The van der Waals surface area contributed by atoms with Crippen LogP contribution in [-0.2, 0) is 0 Å². The van der Waals surface area contributed by atoms with Crippen molar-refractivity contribution in [2.75, 3.05) is 17.7 Å². The fraction of sp³-hybridized carbons (Fsp3) is 1.00. The summed E-state index contributed by atoms with van der Waals surface area (Å²) in [4.78, 5) is 0. The summed E-state index contributed by atoms with van der Waals surface area (Å²) in [6, 6.07) is 0. The van der Waals surface area contributed by atoms with Crippen LogP contribution < -0.4 is 12.4 Å². The van der Waals surface area contributed by atoms with Crippen molar-refractivity contribution in [1.82, 2.24) is 0 Å². The molecule has 0 saturated carbocycles. The molecule has 0 bridgehead atoms. The van der Waals surface area contributed by atoms with Gasteiger partial charge in [-0.15, -0.1) is 11.6 Å². The second-order valence-corrected chi connectivity index (χ2v) is 3.69. The number of hydrogen-bond donors (Lipinski definition) is 0. The summed E-state index contributed by atoms with van der Waals surface area (Å²) in [5, 5.41) is 0. The van der Waals surface area contributed by atoms with Gasteiger partial charge in [-0.1, -0.05) is 11.6 Å². The highest BCUT2D eigenvalue weighted by atomic mass is 35.5. The summed E-state index contributed by atoms with van der Waals surface area (Å²) >= 11 is 10.7. The zero-order valence-electron chi connectivity index (χ0n) is 3.83. The van der Waals surface area contributed by atoms with Crippen LogP contribution in [0.4, 0.5) is 0 Å². The Morgan fingerprint density at radius 1 is 1.29 bits per heavy atom. The molecule has 0 spiro atoms. The molecule has 0 aromatic heterocycles. The van der Waals surface area contributed by atoms with Crippen molar-refractivity contribution in [3.63, 3.8) is 0 Å². The summed E-state index contributed by atoms with van der Waals surface area (Å²) in [5.41, 5.74) is 0.826. The van der Waals surface area contributed by atoms with Gasteiger partial charge < -0.3 is 12.4 Å². The maximum Gasteiger partial charge on any atom is 0.127 e. The summed E-state index contributed by atoms with van der Waals surface area (Å²) in [5.74, 6) is 0.780. The fourth-order valence-corrected chi connectivity index (χ4v) is 1.39. The molecule has 7 heavy (non-hydrogen) atoms. The van der Waals surface area contributed by atoms with E-state index in [-0.39, 0.29) is 12.4 Å². The molecule has 1 atom stereocenters. The second-order valence-electron chi connectivity index (χ2n) is 0.921. The molecule has 0 aromatic carbocycles. The van der Waals surface area contributed by atoms with Crippen LogP contribution in [0.3, 0.4) is 0 Å². The van der Waals surface area contributed by atoms with Crippen LogP contribution in [0.2, 0.25) is 0 Å². The van der Waals surface area contributed by atoms with Gasteiger partial charge >= 0.3 is 0 Å². The molecule has 0 aliphatic heterocycles. The molecule has 0 saturated heterocycles. The van der Waals surface area contributed by atoms with E-state index in [1.807, 2.05) is 0 Å². The van der Waals surface area contributed by atoms with E-state index in [1.54, 1.807) is 0 Å². The highest BCUT2D eigenvalue weighted by Crippen LogP contribution is 2.10. The van der Waals surface area contributed by atoms with Crippen LogP contribution in [0.5, 0.6) is 0 Å². The van der Waals surface area contributed by atoms with E-state index in [0.717, 1.165) is 17.7 Å². The van der Waals surface area contributed by atoms with E-state index in [2.05, 4.69) is 0 Å². The fourth-order valence-electron chi connectivity index (χ4n) is 0.154. The topological polar surface area (TPSA) is 0 Å². The van der Waals surface area contributed by atoms with Gasteiger partial charge in [-0.3, -0.25) is 0 Å². The molecule has 46 valence electrons. The highest BCUT2D eigenvalue weighted by Gasteiger charge is 1.85. The first-order valence-corrected chi connectivity index (χ1v) is 4.55. The zero-order chi connectivity index (χ0) is 4.83. The van der Waals surface area contributed by atoms with Crippen molar-refractivity contribution in [3.8, 4) is 0 Å². The molecule has 0 aliphatic carbocycles. The third-order valence-electron chi connectivity index (χ3n) is 0.422. The summed E-state index contributed by atoms with van der Waals surface area (Å²) in [7, 11) is 0.452. The van der Waals surface area contributed by atoms with E-state index < -0.39 is 0 Å². The third kappa shape index (κ3) is 11.1. The van der Waals surface area contributed by atoms with Crippen molar-refractivity contribution < 1.29 is 12.4 Å². The molecular formula is C3H8Cl3P. The van der Waals surface area contributed by atoms with Gasteiger partial charge in [-0.25, -0.2) is 0 Å². The monoisotopic (exact) mass is 180 g/mol. The van der Waals surface area contributed by atoms with Gasteiger partial charge in [0.25, 0.3) is 0 Å². The van der Waals surface area contributed by atoms with Crippen LogP contribution in [0.15, 0.2) is 0 Å². The van der Waals surface area contributed by atoms with Crippen LogP contribution in [0, 0.1) is 0 Å². The Labute approximate surface area is 62.1 Å². The lowest BCUT2D eigenvalue weighted by Gasteiger charge is -1.76. The lowest BCUT2D eigenvalue weighted by atomic mass is 11.0. The maximum atomic E-state index is 5.36. The van der Waals surface area contributed by atoms with Gasteiger partial charge in [0, 0.05) is 8.58 Å². The van der Waals surface area contributed by atoms with Gasteiger partial charge in [0.05, 0.1) is 12.0 Å². The molecule has 0 heterocycles. The maximum absolute atomic E-state index is 5.36. The van der Waals surface area contributed by atoms with Crippen molar-refractivity contribution in [3.05, 3.63) is 0 Å². The lowest BCUT2D eigenvalue weighted by molar-refractivity contribution is -0.00000109. The quantitative estimate of drug-likeness (QED) is 0.293. The molecule has 4 heteroatoms. The predicted molar refractivity (Wildman–Crippen MR) is 36.0 cm³/mol. The first-order valence-electron chi connectivity index (χ1n) is 1.85. The molecule has 0 aliphatic rings. The molecule has 0 fully saturated rings. The Balaban J connectivity index is 0. The Hall–Kier alpha value is 1.30. The molecule has 0 amide bonds. The lowest BCUT2D eigenvalue weighted by Crippen LogP contribution is -3.00. The summed E-state index contributed by atoms with van der Waals surface area (Å²) in [6.45, 7) is 0. The Morgan fingerprint density at radius 2 is 1.86 bits per heavy atom. The number of alkyl halides is 2. The van der Waals surface area contributed by atoms with E-state index >= 15 is 0 Å². The van der Waals surface area contributed by atoms with Crippen LogP contribution >= 0.6 is 31.8 Å². The summed E-state index contributed by atoms with van der Waals surface area (Å²) in [6.07, 6.45) is 1.13. The standard InChI is InChI=1S/C3H7Cl2P.ClH/c4-1-2-6-3-5;/h6H,1-3H2;1H. The molecule has 0 N–H and O–H groups in total. The van der Waals surface area contributed by atoms with Crippen molar-refractivity contribution in [1.29, 1.82) is 0 Å². The van der Waals surface area contributed by atoms with Crippen LogP contribution in [0.25, 0.3) is 0 Å². The minimum absolute atomic E-state index is 0. The van der Waals surface area contributed by atoms with E-state index in [0.29, 0.717) is 8.58 Å². The van der Waals surface area contributed by atoms with Gasteiger partial charge in [-0.05, 0) is 0 Å². The van der Waals surface area contributed by atoms with E-state index in [1.165, 1.54) is 0 Å². The molecule has 0 nitrogen and oxygen atoms in total. The highest BCUT2D eigenvalue weighted by molar-refractivity contribution is 7.40. The number of rotatable bonds is 3. The van der Waals surface area contributed by atoms with Crippen molar-refractivity contribution in [2.45, 2.75) is 0 Å². The largest absolute Gasteiger partial charge is 1.00 e. The third-order valence-corrected chi connectivity index (χ3v) is 2.58. The van der Waals surface area contributed by atoms with Gasteiger partial charge in [0.2, 0.25) is 0 Å². The van der Waals surface area contributed by atoms with E-state index in [9.17, 15) is 0 Å². The van der Waals surface area contributed by atoms with E-state index in [4.69, 9.17) is 23.2 Å². The van der Waals surface area contributed by atoms with Crippen molar-refractivity contribution >= 4 is 31.8 Å². The smallest absolute Gasteiger partial charge is 0.127 e. The minimum atomic E-state index is 0. The first kappa shape index (κ1) is 11.1. The molecule has 0 aromatic rings. The Kier molecular flexibility index (Phi) is 16.4. The first-order chi connectivity index (χ1) is 2.91. The average Bonchev–Trinajstić information content (AvgIpc) is 1.61. The predicted octanol–water partition coefficient (Wildman–Crippen LogP) is -1.16. The zero-order valence-corrected chi connectivity index (χ0v) is 7.26. The average molecular weight is 181 g/mol. The van der Waals surface area contributed by atoms with Gasteiger partial charge in [0.1, 0.15) is 5.62 Å². The Bertz CT molecular complexity index is 22.1. The van der Waals surface area contributed by atoms with Gasteiger partial charge in [-0.2, -0.15) is 0 Å². The van der Waals surface area contributed by atoms with Gasteiger partial charge in [0.15, 0.2) is 0 Å². The SMILES string of the molecule is ClCC[PH2+]CCl.[Cl-]. The normalized spacial score (nSPS) is 9.43. The molecule has 1 unspecified atom stereocenters. The molecular weight excluding hydrogens is 173 g/mol. The van der Waals surface area contributed by atoms with Crippen LogP contribution in [-0.4, -0.2) is 17.7 Å². The van der Waals surface area contributed by atoms with Crippen molar-refractivity contribution in [2.24, 2.45) is 0 Å².